The van der Waals surface area contributed by atoms with Crippen molar-refractivity contribution in [2.45, 2.75) is 6.92 Å². The van der Waals surface area contributed by atoms with Gasteiger partial charge >= 0.3 is 0 Å². The highest BCUT2D eigenvalue weighted by molar-refractivity contribution is 7.21. The number of rotatable bonds is 7. The highest BCUT2D eigenvalue weighted by Gasteiger charge is 2.12. The lowest BCUT2D eigenvalue weighted by molar-refractivity contribution is -0.118. The fraction of sp³-hybridized carbons (Fsp3) is 0.0714. The molecule has 0 spiro atoms. The zero-order valence-electron chi connectivity index (χ0n) is 18.9. The summed E-state index contributed by atoms with van der Waals surface area (Å²) in [5.41, 5.74) is 4.58. The number of aryl methyl sites for hydroxylation is 1. The number of ketones is 1. The molecule has 5 rings (SSSR count). The molecule has 1 N–H and O–H groups in total. The van der Waals surface area contributed by atoms with Gasteiger partial charge in [0.05, 0.1) is 0 Å². The van der Waals surface area contributed by atoms with Gasteiger partial charge in [-0.05, 0) is 55.0 Å². The predicted molar refractivity (Wildman–Crippen MR) is 138 cm³/mol. The first-order valence-corrected chi connectivity index (χ1v) is 11.8. The van der Waals surface area contributed by atoms with Crippen molar-refractivity contribution in [2.75, 3.05) is 11.9 Å². The predicted octanol–water partition coefficient (Wildman–Crippen LogP) is 5.92. The molecule has 5 aromatic rings. The zero-order valence-corrected chi connectivity index (χ0v) is 19.7. The lowest BCUT2D eigenvalue weighted by atomic mass is 10.0. The lowest BCUT2D eigenvalue weighted by Crippen LogP contribution is -2.20. The largest absolute Gasteiger partial charge is 0.484 e. The molecule has 0 saturated heterocycles. The van der Waals surface area contributed by atoms with Crippen molar-refractivity contribution in [3.63, 3.8) is 0 Å². The van der Waals surface area contributed by atoms with Crippen LogP contribution in [-0.2, 0) is 4.79 Å². The van der Waals surface area contributed by atoms with E-state index in [-0.39, 0.29) is 18.3 Å². The molecule has 35 heavy (non-hydrogen) atoms. The van der Waals surface area contributed by atoms with Gasteiger partial charge in [0.2, 0.25) is 0 Å². The Morgan fingerprint density at radius 3 is 2.46 bits per heavy atom. The van der Waals surface area contributed by atoms with E-state index in [2.05, 4.69) is 15.3 Å². The number of nitrogens with zero attached hydrogens (tertiary/aromatic N) is 2. The van der Waals surface area contributed by atoms with Gasteiger partial charge in [0, 0.05) is 28.6 Å². The number of thiazole rings is 1. The summed E-state index contributed by atoms with van der Waals surface area (Å²) in [5, 5.41) is 3.76. The smallest absolute Gasteiger partial charge is 0.262 e. The number of nitrogens with one attached hydrogen (secondary N) is 1. The number of carbonyl (C=O) groups excluding carboxylic acids is 2. The second-order valence-electron chi connectivity index (χ2n) is 7.93. The SMILES string of the molecule is Cc1ccc(-c2nc3cccnc3s2)cc1NC(=O)COc1ccc(C(=O)c2ccccc2)cc1. The van der Waals surface area contributed by atoms with Crippen molar-refractivity contribution in [2.24, 2.45) is 0 Å². The van der Waals surface area contributed by atoms with Crippen LogP contribution in [-0.4, -0.2) is 28.3 Å². The van der Waals surface area contributed by atoms with Crippen LogP contribution < -0.4 is 10.1 Å². The van der Waals surface area contributed by atoms with E-state index in [1.54, 1.807) is 42.6 Å². The van der Waals surface area contributed by atoms with Crippen molar-refractivity contribution in [3.8, 4) is 16.3 Å². The second kappa shape index (κ2) is 9.87. The number of hydrogen-bond acceptors (Lipinski definition) is 6. The number of amides is 1. The number of ether oxygens (including phenoxy) is 1. The first-order valence-electron chi connectivity index (χ1n) is 11.0. The molecule has 0 radical (unpaired) electrons. The summed E-state index contributed by atoms with van der Waals surface area (Å²) in [4.78, 5) is 35.0. The summed E-state index contributed by atoms with van der Waals surface area (Å²) in [6.07, 6.45) is 1.75. The third-order valence-electron chi connectivity index (χ3n) is 5.45. The Balaban J connectivity index is 1.22. The van der Waals surface area contributed by atoms with Crippen molar-refractivity contribution in [3.05, 3.63) is 108 Å². The summed E-state index contributed by atoms with van der Waals surface area (Å²) in [7, 11) is 0. The molecule has 0 unspecified atom stereocenters. The molecule has 0 aliphatic rings. The maximum atomic E-state index is 12.6. The molecule has 1 amide bonds. The van der Waals surface area contributed by atoms with Crippen LogP contribution in [0.5, 0.6) is 5.75 Å². The molecular formula is C28H21N3O3S. The van der Waals surface area contributed by atoms with E-state index in [9.17, 15) is 9.59 Å². The number of benzene rings is 3. The first-order chi connectivity index (χ1) is 17.1. The van der Waals surface area contributed by atoms with Crippen LogP contribution in [0.3, 0.4) is 0 Å². The summed E-state index contributed by atoms with van der Waals surface area (Å²) >= 11 is 1.51. The quantitative estimate of drug-likeness (QED) is 0.293. The average Bonchev–Trinajstić information content (AvgIpc) is 3.33. The van der Waals surface area contributed by atoms with Gasteiger partial charge in [-0.3, -0.25) is 9.59 Å². The van der Waals surface area contributed by atoms with Gasteiger partial charge in [0.25, 0.3) is 5.91 Å². The molecule has 0 atom stereocenters. The molecule has 2 heterocycles. The fourth-order valence-corrected chi connectivity index (χ4v) is 4.48. The van der Waals surface area contributed by atoms with Crippen molar-refractivity contribution in [1.29, 1.82) is 0 Å². The summed E-state index contributed by atoms with van der Waals surface area (Å²) in [5.74, 6) is 0.173. The number of carbonyl (C=O) groups is 2. The number of pyridine rings is 1. The number of aromatic nitrogens is 2. The van der Waals surface area contributed by atoms with Crippen LogP contribution in [0, 0.1) is 6.92 Å². The Morgan fingerprint density at radius 1 is 0.914 bits per heavy atom. The third-order valence-corrected chi connectivity index (χ3v) is 6.48. The number of hydrogen-bond donors (Lipinski definition) is 1. The van der Waals surface area contributed by atoms with E-state index >= 15 is 0 Å². The molecule has 0 bridgehead atoms. The molecule has 0 saturated carbocycles. The Bertz CT molecular complexity index is 1480. The molecular weight excluding hydrogens is 458 g/mol. The van der Waals surface area contributed by atoms with Gasteiger partial charge < -0.3 is 10.1 Å². The normalized spacial score (nSPS) is 10.8. The average molecular weight is 480 g/mol. The van der Waals surface area contributed by atoms with E-state index in [1.165, 1.54) is 11.3 Å². The molecule has 7 heteroatoms. The highest BCUT2D eigenvalue weighted by atomic mass is 32.1. The van der Waals surface area contributed by atoms with Crippen molar-refractivity contribution < 1.29 is 14.3 Å². The zero-order chi connectivity index (χ0) is 24.2. The van der Waals surface area contributed by atoms with Crippen LogP contribution in [0.1, 0.15) is 21.5 Å². The van der Waals surface area contributed by atoms with E-state index in [0.717, 1.165) is 26.5 Å². The van der Waals surface area contributed by atoms with Crippen LogP contribution in [0.4, 0.5) is 5.69 Å². The van der Waals surface area contributed by atoms with E-state index < -0.39 is 0 Å². The minimum atomic E-state index is -0.277. The van der Waals surface area contributed by atoms with Crippen LogP contribution >= 0.6 is 11.3 Å². The van der Waals surface area contributed by atoms with Crippen LogP contribution in [0.25, 0.3) is 20.9 Å². The lowest BCUT2D eigenvalue weighted by Gasteiger charge is -2.11. The minimum absolute atomic E-state index is 0.0610. The standard InChI is InChI=1S/C28H21N3O3S/c1-18-9-10-21(27-31-23-8-5-15-29-28(23)35-27)16-24(18)30-25(32)17-34-22-13-11-20(12-14-22)26(33)19-6-3-2-4-7-19/h2-16H,17H2,1H3,(H,30,32). The summed E-state index contributed by atoms with van der Waals surface area (Å²) < 4.78 is 5.63. The number of anilines is 1. The topological polar surface area (TPSA) is 81.2 Å². The third kappa shape index (κ3) is 5.10. The van der Waals surface area contributed by atoms with Gasteiger partial charge in [-0.1, -0.05) is 53.8 Å². The Morgan fingerprint density at radius 2 is 1.69 bits per heavy atom. The van der Waals surface area contributed by atoms with Gasteiger partial charge in [-0.15, -0.1) is 0 Å². The van der Waals surface area contributed by atoms with Crippen molar-refractivity contribution >= 4 is 39.1 Å². The molecule has 2 aromatic heterocycles. The second-order valence-corrected chi connectivity index (χ2v) is 8.91. The molecule has 172 valence electrons. The molecule has 0 aliphatic carbocycles. The Kier molecular flexibility index (Phi) is 6.32. The fourth-order valence-electron chi connectivity index (χ4n) is 3.58. The maximum Gasteiger partial charge on any atom is 0.262 e. The molecule has 6 nitrogen and oxygen atoms in total. The summed E-state index contributed by atoms with van der Waals surface area (Å²) in [6.45, 7) is 1.78. The molecule has 3 aromatic carbocycles. The van der Waals surface area contributed by atoms with Gasteiger partial charge in [-0.25, -0.2) is 9.97 Å². The van der Waals surface area contributed by atoms with E-state index in [1.807, 2.05) is 55.5 Å². The van der Waals surface area contributed by atoms with Gasteiger partial charge in [0.15, 0.2) is 12.4 Å². The molecule has 0 aliphatic heterocycles. The summed E-state index contributed by atoms with van der Waals surface area (Å²) in [6, 6.07) is 25.5. The number of fused-ring (bicyclic) bond motifs is 1. The van der Waals surface area contributed by atoms with Crippen LogP contribution in [0.15, 0.2) is 91.1 Å². The maximum absolute atomic E-state index is 12.6. The van der Waals surface area contributed by atoms with Gasteiger partial charge in [-0.2, -0.15) is 0 Å². The van der Waals surface area contributed by atoms with E-state index in [0.29, 0.717) is 22.6 Å². The first kappa shape index (κ1) is 22.4. The van der Waals surface area contributed by atoms with E-state index in [4.69, 9.17) is 4.74 Å². The molecule has 0 fully saturated rings. The Hall–Kier alpha value is -4.36. The highest BCUT2D eigenvalue weighted by Crippen LogP contribution is 2.31. The van der Waals surface area contributed by atoms with Gasteiger partial charge in [0.1, 0.15) is 21.1 Å². The Labute approximate surface area is 206 Å². The monoisotopic (exact) mass is 479 g/mol. The van der Waals surface area contributed by atoms with Crippen LogP contribution in [0.2, 0.25) is 0 Å². The minimum Gasteiger partial charge on any atom is -0.484 e. The van der Waals surface area contributed by atoms with Crippen molar-refractivity contribution in [1.82, 2.24) is 9.97 Å².